The van der Waals surface area contributed by atoms with Gasteiger partial charge in [0, 0.05) is 5.41 Å². The summed E-state index contributed by atoms with van der Waals surface area (Å²) < 4.78 is 6.38. The number of unbranched alkanes of at least 4 members (excludes halogenated alkanes) is 2. The van der Waals surface area contributed by atoms with E-state index in [-0.39, 0.29) is 5.41 Å². The summed E-state index contributed by atoms with van der Waals surface area (Å²) in [7, 11) is 0. The maximum atomic E-state index is 6.38. The summed E-state index contributed by atoms with van der Waals surface area (Å²) in [4.78, 5) is 0. The third-order valence-corrected chi connectivity index (χ3v) is 8.83. The maximum absolute atomic E-state index is 6.38. The van der Waals surface area contributed by atoms with Crippen molar-refractivity contribution in [1.82, 2.24) is 0 Å². The van der Waals surface area contributed by atoms with Gasteiger partial charge in [-0.25, -0.2) is 0 Å². The van der Waals surface area contributed by atoms with E-state index >= 15 is 0 Å². The average molecular weight is 461 g/mol. The van der Waals surface area contributed by atoms with Crippen LogP contribution < -0.4 is 4.74 Å². The van der Waals surface area contributed by atoms with Crippen LogP contribution in [0.1, 0.15) is 144 Å². The van der Waals surface area contributed by atoms with Gasteiger partial charge < -0.3 is 4.74 Å². The first-order valence-corrected chi connectivity index (χ1v) is 14.4. The lowest BCUT2D eigenvalue weighted by Crippen LogP contribution is -2.21. The molecule has 1 nitrogen and oxygen atoms in total. The van der Waals surface area contributed by atoms with Gasteiger partial charge in [-0.2, -0.15) is 0 Å². The molecule has 0 aliphatic heterocycles. The predicted octanol–water partition coefficient (Wildman–Crippen LogP) is 9.99. The van der Waals surface area contributed by atoms with E-state index in [0.29, 0.717) is 5.92 Å². The van der Waals surface area contributed by atoms with Crippen LogP contribution in [0.4, 0.5) is 0 Å². The molecule has 0 radical (unpaired) electrons. The first-order chi connectivity index (χ1) is 16.5. The lowest BCUT2D eigenvalue weighted by molar-refractivity contribution is 0.297. The minimum absolute atomic E-state index is 0.0126. The van der Waals surface area contributed by atoms with Crippen LogP contribution in [0.25, 0.3) is 0 Å². The van der Waals surface area contributed by atoms with Gasteiger partial charge in [0.05, 0.1) is 6.61 Å². The van der Waals surface area contributed by atoms with Crippen molar-refractivity contribution < 1.29 is 4.74 Å². The molecule has 0 saturated heterocycles. The average Bonchev–Trinajstić information content (AvgIpc) is 2.88. The molecule has 0 N–H and O–H groups in total. The van der Waals surface area contributed by atoms with E-state index in [9.17, 15) is 0 Å². The van der Waals surface area contributed by atoms with Gasteiger partial charge in [-0.3, -0.25) is 0 Å². The van der Waals surface area contributed by atoms with Crippen molar-refractivity contribution in [2.75, 3.05) is 6.61 Å². The number of hydrogen-bond acceptors (Lipinski definition) is 1. The lowest BCUT2D eigenvalue weighted by atomic mass is 9.73. The summed E-state index contributed by atoms with van der Waals surface area (Å²) in [5.74, 6) is 2.55. The van der Waals surface area contributed by atoms with Gasteiger partial charge in [0.15, 0.2) is 0 Å². The summed E-state index contributed by atoms with van der Waals surface area (Å²) in [5.41, 5.74) is 7.44. The second-order valence-electron chi connectivity index (χ2n) is 11.7. The van der Waals surface area contributed by atoms with Crippen LogP contribution in [-0.2, 0) is 5.41 Å². The molecule has 2 aromatic rings. The first-order valence-electron chi connectivity index (χ1n) is 14.4. The van der Waals surface area contributed by atoms with E-state index < -0.39 is 0 Å². The summed E-state index contributed by atoms with van der Waals surface area (Å²) >= 11 is 0. The molecule has 1 heteroatoms. The summed E-state index contributed by atoms with van der Waals surface area (Å²) in [5, 5.41) is 0. The number of rotatable bonds is 9. The van der Waals surface area contributed by atoms with Crippen molar-refractivity contribution in [2.24, 2.45) is 0 Å². The van der Waals surface area contributed by atoms with E-state index in [2.05, 4.69) is 64.1 Å². The zero-order valence-electron chi connectivity index (χ0n) is 22.4. The second kappa shape index (κ2) is 11.8. The molecule has 0 aromatic heterocycles. The Labute approximate surface area is 209 Å². The molecule has 0 atom stereocenters. The largest absolute Gasteiger partial charge is 0.493 e. The number of hydrogen-bond donors (Lipinski definition) is 0. The van der Waals surface area contributed by atoms with Gasteiger partial charge in [-0.1, -0.05) is 102 Å². The van der Waals surface area contributed by atoms with Gasteiger partial charge in [0.2, 0.25) is 0 Å². The Morgan fingerprint density at radius 1 is 0.735 bits per heavy atom. The monoisotopic (exact) mass is 460 g/mol. The molecule has 2 aromatic carbocycles. The summed E-state index contributed by atoms with van der Waals surface area (Å²) in [6.07, 6.45) is 17.3. The van der Waals surface area contributed by atoms with Gasteiger partial charge >= 0.3 is 0 Å². The molecule has 0 bridgehead atoms. The molecule has 34 heavy (non-hydrogen) atoms. The van der Waals surface area contributed by atoms with Crippen LogP contribution >= 0.6 is 0 Å². The molecule has 2 aliphatic carbocycles. The Balaban J connectivity index is 1.64. The van der Waals surface area contributed by atoms with Crippen LogP contribution in [0.15, 0.2) is 36.4 Å². The van der Waals surface area contributed by atoms with Gasteiger partial charge in [0.25, 0.3) is 0 Å². The van der Waals surface area contributed by atoms with Crippen molar-refractivity contribution in [2.45, 2.75) is 128 Å². The molecule has 4 rings (SSSR count). The predicted molar refractivity (Wildman–Crippen MR) is 146 cm³/mol. The molecule has 0 heterocycles. The molecule has 0 amide bonds. The Hall–Kier alpha value is -1.76. The smallest absolute Gasteiger partial charge is 0.122 e. The minimum Gasteiger partial charge on any atom is -0.493 e. The van der Waals surface area contributed by atoms with E-state index in [1.165, 1.54) is 99.3 Å². The van der Waals surface area contributed by atoms with Crippen molar-refractivity contribution in [1.29, 1.82) is 0 Å². The van der Waals surface area contributed by atoms with Crippen molar-refractivity contribution in [3.63, 3.8) is 0 Å². The highest BCUT2D eigenvalue weighted by Crippen LogP contribution is 2.42. The fourth-order valence-corrected chi connectivity index (χ4v) is 6.38. The van der Waals surface area contributed by atoms with E-state index in [0.717, 1.165) is 24.7 Å². The molecule has 186 valence electrons. The standard InChI is InChI=1S/C33H48O/c1-5-6-13-22-34-32-21-20-29(24-31(32)27-16-11-8-12-17-27)33(3,4)28-19-18-25(2)30(23-28)26-14-9-7-10-15-26/h18-21,23-24,26-27H,5-17,22H2,1-4H3. The minimum atomic E-state index is -0.0126. The van der Waals surface area contributed by atoms with Crippen LogP contribution in [0.3, 0.4) is 0 Å². The molecular weight excluding hydrogens is 412 g/mol. The SMILES string of the molecule is CCCCCOc1ccc(C(C)(C)c2ccc(C)c(C3CCCCC3)c2)cc1C1CCCCC1. The highest BCUT2D eigenvalue weighted by atomic mass is 16.5. The Morgan fingerprint density at radius 2 is 1.29 bits per heavy atom. The number of benzene rings is 2. The second-order valence-corrected chi connectivity index (χ2v) is 11.7. The molecule has 2 saturated carbocycles. The normalized spacial score (nSPS) is 18.2. The van der Waals surface area contributed by atoms with Crippen molar-refractivity contribution >= 4 is 0 Å². The summed E-state index contributed by atoms with van der Waals surface area (Å²) in [6.45, 7) is 10.3. The van der Waals surface area contributed by atoms with Gasteiger partial charge in [-0.15, -0.1) is 0 Å². The zero-order chi connectivity index (χ0) is 24.0. The highest BCUT2D eigenvalue weighted by molar-refractivity contribution is 5.48. The molecule has 0 spiro atoms. The van der Waals surface area contributed by atoms with E-state index in [4.69, 9.17) is 4.74 Å². The first kappa shape index (κ1) is 25.3. The van der Waals surface area contributed by atoms with Crippen molar-refractivity contribution in [3.8, 4) is 5.75 Å². The maximum Gasteiger partial charge on any atom is 0.122 e. The molecule has 0 unspecified atom stereocenters. The number of ether oxygens (including phenoxy) is 1. The molecular formula is C33H48O. The van der Waals surface area contributed by atoms with Crippen LogP contribution in [0.2, 0.25) is 0 Å². The third kappa shape index (κ3) is 5.89. The van der Waals surface area contributed by atoms with E-state index in [1.807, 2.05) is 0 Å². The van der Waals surface area contributed by atoms with Crippen LogP contribution in [0, 0.1) is 6.92 Å². The van der Waals surface area contributed by atoms with Gasteiger partial charge in [0.1, 0.15) is 5.75 Å². The quantitative estimate of drug-likeness (QED) is 0.338. The van der Waals surface area contributed by atoms with Gasteiger partial charge in [-0.05, 0) is 84.7 Å². The molecule has 2 fully saturated rings. The summed E-state index contributed by atoms with van der Waals surface area (Å²) in [6, 6.07) is 14.5. The van der Waals surface area contributed by atoms with E-state index in [1.54, 1.807) is 5.56 Å². The Kier molecular flexibility index (Phi) is 8.78. The topological polar surface area (TPSA) is 9.23 Å². The highest BCUT2D eigenvalue weighted by Gasteiger charge is 2.28. The Morgan fingerprint density at radius 3 is 1.91 bits per heavy atom. The zero-order valence-corrected chi connectivity index (χ0v) is 22.4. The van der Waals surface area contributed by atoms with Crippen molar-refractivity contribution in [3.05, 3.63) is 64.2 Å². The van der Waals surface area contributed by atoms with Crippen LogP contribution in [-0.4, -0.2) is 6.61 Å². The van der Waals surface area contributed by atoms with Crippen LogP contribution in [0.5, 0.6) is 5.75 Å². The third-order valence-electron chi connectivity index (χ3n) is 8.83. The fourth-order valence-electron chi connectivity index (χ4n) is 6.38. The fraction of sp³-hybridized carbons (Fsp3) is 0.636. The Bertz CT molecular complexity index is 912. The number of aryl methyl sites for hydroxylation is 1. The molecule has 2 aliphatic rings. The lowest BCUT2D eigenvalue weighted by Gasteiger charge is -2.31.